The Morgan fingerprint density at radius 1 is 1.27 bits per heavy atom. The van der Waals surface area contributed by atoms with Crippen LogP contribution in [-0.2, 0) is 6.42 Å². The average Bonchev–Trinajstić information content (AvgIpc) is 3.04. The molecule has 1 atom stereocenters. The van der Waals surface area contributed by atoms with Crippen LogP contribution < -0.4 is 4.74 Å². The first kappa shape index (κ1) is 15.4. The van der Waals surface area contributed by atoms with Crippen LogP contribution in [0.5, 0.6) is 5.75 Å². The van der Waals surface area contributed by atoms with Crippen molar-refractivity contribution in [2.75, 3.05) is 31.7 Å². The Kier molecular flexibility index (Phi) is 5.00. The molecule has 0 bridgehead atoms. The molecule has 5 nitrogen and oxygen atoms in total. The van der Waals surface area contributed by atoms with Crippen LogP contribution in [0, 0.1) is 0 Å². The SMILES string of the molecule is COc1ccc(Cc2noc([C@H](C)N3CCSCC3)n2)cc1. The van der Waals surface area contributed by atoms with Crippen LogP contribution in [0.4, 0.5) is 0 Å². The summed E-state index contributed by atoms with van der Waals surface area (Å²) < 4.78 is 10.6. The van der Waals surface area contributed by atoms with Gasteiger partial charge in [0, 0.05) is 31.0 Å². The third kappa shape index (κ3) is 3.62. The Bertz CT molecular complexity index is 594. The number of nitrogens with zero attached hydrogens (tertiary/aromatic N) is 3. The number of aromatic nitrogens is 2. The molecular weight excluding hydrogens is 298 g/mol. The number of hydrogen-bond donors (Lipinski definition) is 0. The maximum atomic E-state index is 5.46. The monoisotopic (exact) mass is 319 g/mol. The molecule has 2 aromatic rings. The Morgan fingerprint density at radius 2 is 2.00 bits per heavy atom. The van der Waals surface area contributed by atoms with Gasteiger partial charge in [0.1, 0.15) is 5.75 Å². The average molecular weight is 319 g/mol. The molecule has 1 aromatic heterocycles. The van der Waals surface area contributed by atoms with E-state index in [-0.39, 0.29) is 6.04 Å². The summed E-state index contributed by atoms with van der Waals surface area (Å²) in [4.78, 5) is 6.97. The second-order valence-corrected chi connectivity index (χ2v) is 6.62. The number of ether oxygens (including phenoxy) is 1. The van der Waals surface area contributed by atoms with E-state index in [1.165, 1.54) is 11.5 Å². The molecule has 0 radical (unpaired) electrons. The van der Waals surface area contributed by atoms with E-state index in [4.69, 9.17) is 9.26 Å². The van der Waals surface area contributed by atoms with Crippen molar-refractivity contribution in [1.82, 2.24) is 15.0 Å². The molecule has 1 saturated heterocycles. The molecule has 0 unspecified atom stereocenters. The second-order valence-electron chi connectivity index (χ2n) is 5.40. The van der Waals surface area contributed by atoms with Crippen molar-refractivity contribution < 1.29 is 9.26 Å². The van der Waals surface area contributed by atoms with Crippen LogP contribution in [-0.4, -0.2) is 46.7 Å². The lowest BCUT2D eigenvalue weighted by molar-refractivity contribution is 0.189. The van der Waals surface area contributed by atoms with E-state index in [9.17, 15) is 0 Å². The quantitative estimate of drug-likeness (QED) is 0.845. The minimum absolute atomic E-state index is 0.193. The van der Waals surface area contributed by atoms with E-state index in [0.717, 1.165) is 36.1 Å². The molecule has 0 spiro atoms. The topological polar surface area (TPSA) is 51.4 Å². The number of methoxy groups -OCH3 is 1. The van der Waals surface area contributed by atoms with Crippen molar-refractivity contribution >= 4 is 11.8 Å². The fraction of sp³-hybridized carbons (Fsp3) is 0.500. The maximum Gasteiger partial charge on any atom is 0.243 e. The van der Waals surface area contributed by atoms with Crippen LogP contribution in [0.15, 0.2) is 28.8 Å². The summed E-state index contributed by atoms with van der Waals surface area (Å²) in [5.74, 6) is 4.66. The van der Waals surface area contributed by atoms with E-state index < -0.39 is 0 Å². The van der Waals surface area contributed by atoms with Crippen molar-refractivity contribution in [3.63, 3.8) is 0 Å². The number of rotatable bonds is 5. The first-order chi connectivity index (χ1) is 10.8. The predicted octanol–water partition coefficient (Wildman–Crippen LogP) is 2.78. The van der Waals surface area contributed by atoms with Crippen LogP contribution in [0.25, 0.3) is 0 Å². The minimum atomic E-state index is 0.193. The molecule has 0 saturated carbocycles. The fourth-order valence-electron chi connectivity index (χ4n) is 2.56. The van der Waals surface area contributed by atoms with Gasteiger partial charge in [-0.2, -0.15) is 16.7 Å². The van der Waals surface area contributed by atoms with Crippen LogP contribution in [0.2, 0.25) is 0 Å². The van der Waals surface area contributed by atoms with Crippen molar-refractivity contribution in [2.45, 2.75) is 19.4 Å². The summed E-state index contributed by atoms with van der Waals surface area (Å²) in [7, 11) is 1.67. The second kappa shape index (κ2) is 7.15. The number of hydrogen-bond acceptors (Lipinski definition) is 6. The van der Waals surface area contributed by atoms with Gasteiger partial charge in [0.2, 0.25) is 5.89 Å². The molecular formula is C16H21N3O2S. The van der Waals surface area contributed by atoms with Gasteiger partial charge in [-0.15, -0.1) is 0 Å². The third-order valence-electron chi connectivity index (χ3n) is 3.96. The lowest BCUT2D eigenvalue weighted by Crippen LogP contribution is -2.34. The Morgan fingerprint density at radius 3 is 2.68 bits per heavy atom. The fourth-order valence-corrected chi connectivity index (χ4v) is 3.49. The molecule has 0 aliphatic carbocycles. The molecule has 1 aliphatic rings. The standard InChI is InChI=1S/C16H21N3O2S/c1-12(19-7-9-22-10-8-19)16-17-15(18-21-16)11-13-3-5-14(20-2)6-4-13/h3-6,12H,7-11H2,1-2H3/t12-/m0/s1. The van der Waals surface area contributed by atoms with Gasteiger partial charge >= 0.3 is 0 Å². The van der Waals surface area contributed by atoms with Gasteiger partial charge in [-0.05, 0) is 24.6 Å². The summed E-state index contributed by atoms with van der Waals surface area (Å²) >= 11 is 2.00. The molecule has 1 aromatic carbocycles. The molecule has 1 aliphatic heterocycles. The van der Waals surface area contributed by atoms with Crippen molar-refractivity contribution in [3.05, 3.63) is 41.5 Å². The van der Waals surface area contributed by atoms with Crippen molar-refractivity contribution in [2.24, 2.45) is 0 Å². The van der Waals surface area contributed by atoms with E-state index in [1.54, 1.807) is 7.11 Å². The van der Waals surface area contributed by atoms with Gasteiger partial charge in [-0.1, -0.05) is 17.3 Å². The highest BCUT2D eigenvalue weighted by Gasteiger charge is 2.23. The molecule has 118 valence electrons. The van der Waals surface area contributed by atoms with E-state index in [1.807, 2.05) is 36.0 Å². The van der Waals surface area contributed by atoms with E-state index in [0.29, 0.717) is 6.42 Å². The smallest absolute Gasteiger partial charge is 0.243 e. The highest BCUT2D eigenvalue weighted by Crippen LogP contribution is 2.23. The van der Waals surface area contributed by atoms with E-state index >= 15 is 0 Å². The summed E-state index contributed by atoms with van der Waals surface area (Å²) in [6.07, 6.45) is 0.677. The van der Waals surface area contributed by atoms with Crippen molar-refractivity contribution in [1.29, 1.82) is 0 Å². The first-order valence-corrected chi connectivity index (χ1v) is 8.69. The Balaban J connectivity index is 1.64. The van der Waals surface area contributed by atoms with Gasteiger partial charge in [-0.25, -0.2) is 0 Å². The normalized spacial score (nSPS) is 17.4. The first-order valence-electron chi connectivity index (χ1n) is 7.53. The summed E-state index contributed by atoms with van der Waals surface area (Å²) in [5, 5.41) is 4.12. The van der Waals surface area contributed by atoms with Gasteiger partial charge in [0.25, 0.3) is 0 Å². The molecule has 3 rings (SSSR count). The molecule has 22 heavy (non-hydrogen) atoms. The lowest BCUT2D eigenvalue weighted by atomic mass is 10.1. The summed E-state index contributed by atoms with van der Waals surface area (Å²) in [6, 6.07) is 8.15. The zero-order valence-corrected chi connectivity index (χ0v) is 13.8. The molecule has 6 heteroatoms. The highest BCUT2D eigenvalue weighted by molar-refractivity contribution is 7.99. The minimum Gasteiger partial charge on any atom is -0.497 e. The van der Waals surface area contributed by atoms with Crippen molar-refractivity contribution in [3.8, 4) is 5.75 Å². The largest absolute Gasteiger partial charge is 0.497 e. The molecule has 0 amide bonds. The third-order valence-corrected chi connectivity index (χ3v) is 4.90. The number of thioether (sulfide) groups is 1. The zero-order chi connectivity index (χ0) is 15.4. The number of benzene rings is 1. The van der Waals surface area contributed by atoms with Crippen LogP contribution in [0.3, 0.4) is 0 Å². The van der Waals surface area contributed by atoms with Gasteiger partial charge < -0.3 is 9.26 Å². The molecule has 1 fully saturated rings. The van der Waals surface area contributed by atoms with Gasteiger partial charge in [-0.3, -0.25) is 4.90 Å². The van der Waals surface area contributed by atoms with Gasteiger partial charge in [0.05, 0.1) is 13.2 Å². The maximum absolute atomic E-state index is 5.46. The van der Waals surface area contributed by atoms with Crippen LogP contribution >= 0.6 is 11.8 Å². The summed E-state index contributed by atoms with van der Waals surface area (Å²) in [5.41, 5.74) is 1.15. The van der Waals surface area contributed by atoms with Gasteiger partial charge in [0.15, 0.2) is 5.82 Å². The lowest BCUT2D eigenvalue weighted by Gasteiger charge is -2.29. The Hall–Kier alpha value is -1.53. The molecule has 0 N–H and O–H groups in total. The van der Waals surface area contributed by atoms with Crippen LogP contribution in [0.1, 0.15) is 30.2 Å². The molecule has 2 heterocycles. The van der Waals surface area contributed by atoms with E-state index in [2.05, 4.69) is 22.0 Å². The highest BCUT2D eigenvalue weighted by atomic mass is 32.2. The predicted molar refractivity (Wildman–Crippen MR) is 87.4 cm³/mol. The zero-order valence-electron chi connectivity index (χ0n) is 13.0. The summed E-state index contributed by atoms with van der Waals surface area (Å²) in [6.45, 7) is 4.31. The Labute approximate surface area is 135 Å².